The first-order valence-electron chi connectivity index (χ1n) is 8.53. The predicted octanol–water partition coefficient (Wildman–Crippen LogP) is 4.27. The second kappa shape index (κ2) is 6.58. The monoisotopic (exact) mass is 332 g/mol. The van der Waals surface area contributed by atoms with Crippen molar-refractivity contribution in [1.29, 1.82) is 0 Å². The standard InChI is InChI=1S/C20H28O4/c1-13(2)24-18(22)20(5)12-11-16(19(20,3)4)17(21)14-7-9-15(23-6)10-8-14/h7-10,13,16H,11-12H2,1-6H3/t16-,20-/m1/s1. The van der Waals surface area contributed by atoms with Crippen molar-refractivity contribution in [2.24, 2.45) is 16.7 Å². The van der Waals surface area contributed by atoms with Crippen LogP contribution in [0, 0.1) is 16.7 Å². The topological polar surface area (TPSA) is 52.6 Å². The molecule has 132 valence electrons. The maximum atomic E-state index is 13.0. The third-order valence-electron chi connectivity index (χ3n) is 5.71. The van der Waals surface area contributed by atoms with E-state index in [0.717, 1.165) is 5.75 Å². The minimum atomic E-state index is -0.649. The SMILES string of the molecule is COc1ccc(C(=O)[C@H]2CC[C@](C)(C(=O)OC(C)C)C2(C)C)cc1. The molecule has 0 radical (unpaired) electrons. The summed E-state index contributed by atoms with van der Waals surface area (Å²) in [6.45, 7) is 9.65. The maximum Gasteiger partial charge on any atom is 0.312 e. The minimum Gasteiger partial charge on any atom is -0.497 e. The Hall–Kier alpha value is -1.84. The van der Waals surface area contributed by atoms with Crippen LogP contribution in [0.3, 0.4) is 0 Å². The van der Waals surface area contributed by atoms with Crippen molar-refractivity contribution in [2.45, 2.75) is 53.6 Å². The van der Waals surface area contributed by atoms with Crippen LogP contribution in [0.25, 0.3) is 0 Å². The van der Waals surface area contributed by atoms with E-state index in [4.69, 9.17) is 9.47 Å². The number of esters is 1. The lowest BCUT2D eigenvalue weighted by Crippen LogP contribution is -2.44. The van der Waals surface area contributed by atoms with Gasteiger partial charge >= 0.3 is 5.97 Å². The van der Waals surface area contributed by atoms with Gasteiger partial charge in [-0.05, 0) is 63.3 Å². The van der Waals surface area contributed by atoms with Gasteiger partial charge < -0.3 is 9.47 Å². The first-order valence-corrected chi connectivity index (χ1v) is 8.53. The molecule has 1 fully saturated rings. The maximum absolute atomic E-state index is 13.0. The van der Waals surface area contributed by atoms with Gasteiger partial charge in [-0.15, -0.1) is 0 Å². The zero-order valence-corrected chi connectivity index (χ0v) is 15.5. The van der Waals surface area contributed by atoms with Gasteiger partial charge in [0.15, 0.2) is 5.78 Å². The highest BCUT2D eigenvalue weighted by atomic mass is 16.5. The fourth-order valence-corrected chi connectivity index (χ4v) is 3.63. The summed E-state index contributed by atoms with van der Waals surface area (Å²) >= 11 is 0. The average Bonchev–Trinajstić information content (AvgIpc) is 2.77. The summed E-state index contributed by atoms with van der Waals surface area (Å²) in [6, 6.07) is 7.17. The molecular formula is C20H28O4. The van der Waals surface area contributed by atoms with Crippen molar-refractivity contribution in [3.8, 4) is 5.75 Å². The molecule has 1 aliphatic carbocycles. The molecule has 0 spiro atoms. The highest BCUT2D eigenvalue weighted by Crippen LogP contribution is 2.57. The molecule has 1 aliphatic rings. The number of ether oxygens (including phenoxy) is 2. The number of Topliss-reactive ketones (excluding diaryl/α,β-unsaturated/α-hetero) is 1. The lowest BCUT2D eigenvalue weighted by Gasteiger charge is -2.39. The second-order valence-corrected chi connectivity index (χ2v) is 7.69. The summed E-state index contributed by atoms with van der Waals surface area (Å²) in [5.74, 6) is 0.412. The molecule has 24 heavy (non-hydrogen) atoms. The molecule has 0 amide bonds. The van der Waals surface area contributed by atoms with Gasteiger partial charge in [-0.25, -0.2) is 0 Å². The second-order valence-electron chi connectivity index (χ2n) is 7.69. The van der Waals surface area contributed by atoms with Crippen molar-refractivity contribution in [2.75, 3.05) is 7.11 Å². The summed E-state index contributed by atoms with van der Waals surface area (Å²) in [4.78, 5) is 25.6. The van der Waals surface area contributed by atoms with Crippen LogP contribution in [0.4, 0.5) is 0 Å². The number of methoxy groups -OCH3 is 1. The quantitative estimate of drug-likeness (QED) is 0.597. The number of hydrogen-bond donors (Lipinski definition) is 0. The van der Waals surface area contributed by atoms with Crippen LogP contribution in [0.2, 0.25) is 0 Å². The van der Waals surface area contributed by atoms with Crippen LogP contribution in [-0.2, 0) is 9.53 Å². The number of rotatable bonds is 5. The Kier molecular flexibility index (Phi) is 5.07. The zero-order valence-electron chi connectivity index (χ0n) is 15.5. The van der Waals surface area contributed by atoms with E-state index in [2.05, 4.69) is 0 Å². The summed E-state index contributed by atoms with van der Waals surface area (Å²) in [6.07, 6.45) is 1.21. The van der Waals surface area contributed by atoms with E-state index in [1.807, 2.05) is 34.6 Å². The molecule has 2 atom stereocenters. The Morgan fingerprint density at radius 2 is 1.71 bits per heavy atom. The summed E-state index contributed by atoms with van der Waals surface area (Å²) in [5.41, 5.74) is -0.449. The zero-order chi connectivity index (χ0) is 18.1. The molecule has 0 bridgehead atoms. The predicted molar refractivity (Wildman–Crippen MR) is 93.2 cm³/mol. The van der Waals surface area contributed by atoms with Gasteiger partial charge in [0.2, 0.25) is 0 Å². The average molecular weight is 332 g/mol. The molecule has 0 saturated heterocycles. The molecule has 4 heteroatoms. The van der Waals surface area contributed by atoms with Gasteiger partial charge in [-0.1, -0.05) is 13.8 Å². The lowest BCUT2D eigenvalue weighted by atomic mass is 9.64. The normalized spacial score (nSPS) is 25.5. The van der Waals surface area contributed by atoms with Crippen molar-refractivity contribution in [3.63, 3.8) is 0 Å². The number of carbonyl (C=O) groups is 2. The highest BCUT2D eigenvalue weighted by Gasteiger charge is 2.58. The Bertz CT molecular complexity index is 615. The number of benzene rings is 1. The van der Waals surface area contributed by atoms with Gasteiger partial charge in [0.25, 0.3) is 0 Å². The van der Waals surface area contributed by atoms with Gasteiger partial charge in [-0.2, -0.15) is 0 Å². The molecule has 0 unspecified atom stereocenters. The Morgan fingerprint density at radius 3 is 2.21 bits per heavy atom. The van der Waals surface area contributed by atoms with Crippen LogP contribution in [-0.4, -0.2) is 25.0 Å². The Balaban J connectivity index is 2.25. The molecule has 0 aromatic heterocycles. The van der Waals surface area contributed by atoms with Gasteiger partial charge in [0, 0.05) is 11.5 Å². The third-order valence-corrected chi connectivity index (χ3v) is 5.71. The lowest BCUT2D eigenvalue weighted by molar-refractivity contribution is -0.165. The molecule has 1 aromatic carbocycles. The largest absolute Gasteiger partial charge is 0.497 e. The van der Waals surface area contributed by atoms with E-state index in [9.17, 15) is 9.59 Å². The van der Waals surface area contributed by atoms with Crippen LogP contribution in [0.5, 0.6) is 5.75 Å². The summed E-state index contributed by atoms with van der Waals surface area (Å²) in [7, 11) is 1.60. The van der Waals surface area contributed by atoms with E-state index in [1.54, 1.807) is 31.4 Å². The Labute approximate surface area is 144 Å². The molecular weight excluding hydrogens is 304 g/mol. The van der Waals surface area contributed by atoms with E-state index in [1.165, 1.54) is 0 Å². The van der Waals surface area contributed by atoms with Crippen LogP contribution < -0.4 is 4.74 Å². The molecule has 4 nitrogen and oxygen atoms in total. The van der Waals surface area contributed by atoms with Crippen molar-refractivity contribution < 1.29 is 19.1 Å². The van der Waals surface area contributed by atoms with E-state index in [-0.39, 0.29) is 23.8 Å². The van der Waals surface area contributed by atoms with Crippen molar-refractivity contribution in [3.05, 3.63) is 29.8 Å². The van der Waals surface area contributed by atoms with Crippen LogP contribution in [0.15, 0.2) is 24.3 Å². The van der Waals surface area contributed by atoms with Gasteiger partial charge in [0.05, 0.1) is 18.6 Å². The van der Waals surface area contributed by atoms with Crippen molar-refractivity contribution >= 4 is 11.8 Å². The first kappa shape index (κ1) is 18.5. The number of hydrogen-bond acceptors (Lipinski definition) is 4. The van der Waals surface area contributed by atoms with Gasteiger partial charge in [0.1, 0.15) is 5.75 Å². The smallest absolute Gasteiger partial charge is 0.312 e. The number of ketones is 1. The minimum absolute atomic E-state index is 0.0868. The molecule has 0 aliphatic heterocycles. The van der Waals surface area contributed by atoms with Gasteiger partial charge in [-0.3, -0.25) is 9.59 Å². The highest BCUT2D eigenvalue weighted by molar-refractivity contribution is 5.99. The van der Waals surface area contributed by atoms with Crippen LogP contribution in [0.1, 0.15) is 57.8 Å². The first-order chi connectivity index (χ1) is 11.1. The summed E-state index contributed by atoms with van der Waals surface area (Å²) in [5, 5.41) is 0. The molecule has 2 rings (SSSR count). The van der Waals surface area contributed by atoms with E-state index >= 15 is 0 Å². The Morgan fingerprint density at radius 1 is 1.12 bits per heavy atom. The summed E-state index contributed by atoms with van der Waals surface area (Å²) < 4.78 is 10.6. The van der Waals surface area contributed by atoms with E-state index in [0.29, 0.717) is 18.4 Å². The van der Waals surface area contributed by atoms with E-state index < -0.39 is 10.8 Å². The van der Waals surface area contributed by atoms with Crippen LogP contribution >= 0.6 is 0 Å². The molecule has 1 saturated carbocycles. The molecule has 1 aromatic rings. The fraction of sp³-hybridized carbons (Fsp3) is 0.600. The molecule has 0 N–H and O–H groups in total. The third kappa shape index (κ3) is 3.06. The fourth-order valence-electron chi connectivity index (χ4n) is 3.63. The number of carbonyl (C=O) groups excluding carboxylic acids is 2. The van der Waals surface area contributed by atoms with Crippen molar-refractivity contribution in [1.82, 2.24) is 0 Å². The molecule has 0 heterocycles.